The smallest absolute Gasteiger partial charge is 0.135 e. The number of benzene rings is 7. The molecule has 338 valence electrons. The molecule has 9 aromatic rings. The van der Waals surface area contributed by atoms with Crippen LogP contribution < -0.4 is 14.5 Å². The van der Waals surface area contributed by atoms with Crippen LogP contribution in [0.25, 0.3) is 49.9 Å². The Morgan fingerprint density at radius 2 is 1.12 bits per heavy atom. The maximum absolute atomic E-state index is 6.86. The molecule has 0 radical (unpaired) electrons. The quantitative estimate of drug-likeness (QED) is 0.135. The van der Waals surface area contributed by atoms with E-state index in [1.807, 2.05) is 18.3 Å². The van der Waals surface area contributed by atoms with Crippen LogP contribution in [0.4, 0.5) is 11.4 Å². The Morgan fingerprint density at radius 1 is 0.493 bits per heavy atom. The van der Waals surface area contributed by atoms with E-state index in [2.05, 4.69) is 253 Å². The second kappa shape index (κ2) is 17.8. The van der Waals surface area contributed by atoms with Crippen LogP contribution in [0, 0.1) is 18.8 Å². The van der Waals surface area contributed by atoms with Crippen LogP contribution in [0.5, 0.6) is 11.5 Å². The van der Waals surface area contributed by atoms with Crippen molar-refractivity contribution >= 4 is 33.2 Å². The number of rotatable bonds is 9. The number of pyridine rings is 1. The van der Waals surface area contributed by atoms with Crippen molar-refractivity contribution in [2.45, 2.75) is 71.6 Å². The summed E-state index contributed by atoms with van der Waals surface area (Å²) in [7, 11) is 0. The number of ether oxygens (including phenoxy) is 1. The molecule has 7 aromatic carbocycles. The maximum atomic E-state index is 6.86. The summed E-state index contributed by atoms with van der Waals surface area (Å²) < 4.78 is 9.09. The van der Waals surface area contributed by atoms with Gasteiger partial charge in [0.2, 0.25) is 0 Å². The zero-order valence-corrected chi connectivity index (χ0v) is 41.7. The summed E-state index contributed by atoms with van der Waals surface area (Å²) in [4.78, 5) is 9.33. The fourth-order valence-electron chi connectivity index (χ4n) is 8.90. The van der Waals surface area contributed by atoms with Gasteiger partial charge in [-0.1, -0.05) is 170 Å². The normalized spacial score (nSPS) is 13.1. The Balaban J connectivity index is 0.00000562. The molecule has 0 saturated heterocycles. The van der Waals surface area contributed by atoms with Gasteiger partial charge in [-0.15, -0.1) is 53.6 Å². The Bertz CT molecular complexity index is 3220. The van der Waals surface area contributed by atoms with E-state index >= 15 is 0 Å². The number of nitrogens with zero attached hydrogens (tertiary/aromatic N) is 4. The van der Waals surface area contributed by atoms with E-state index < -0.39 is 0 Å². The van der Waals surface area contributed by atoms with E-state index in [0.29, 0.717) is 11.5 Å². The van der Waals surface area contributed by atoms with E-state index in [4.69, 9.17) is 9.72 Å². The standard InChI is InChI=1S/C61H55N4O.Pt/c1-59(2,3)48-35-49(60(4,5)6)37-51(36-48)64-31-30-63(41-64)50-32-45(43-20-14-10-15-21-43)33-53(39-50)66-52-25-26-54-55-34-44(42-18-12-9-13-19-42)24-27-56(55)65(57(54)40-52)58-38-47(28-29-62-58)61(7,8)46-22-16-11-17-23-46;/h9-38,41H,1-8H3;/q-3;. The van der Waals surface area contributed by atoms with Gasteiger partial charge in [0.15, 0.2) is 0 Å². The predicted octanol–water partition coefficient (Wildman–Crippen LogP) is 15.7. The van der Waals surface area contributed by atoms with Crippen molar-refractivity contribution in [3.05, 3.63) is 223 Å². The van der Waals surface area contributed by atoms with Gasteiger partial charge in [-0.25, -0.2) is 4.98 Å². The molecule has 0 spiro atoms. The number of fused-ring (bicyclic) bond motifs is 3. The van der Waals surface area contributed by atoms with Gasteiger partial charge in [-0.2, -0.15) is 6.07 Å². The van der Waals surface area contributed by atoms with Crippen LogP contribution in [-0.4, -0.2) is 9.55 Å². The predicted molar refractivity (Wildman–Crippen MR) is 274 cm³/mol. The van der Waals surface area contributed by atoms with Crippen molar-refractivity contribution in [3.8, 4) is 39.6 Å². The van der Waals surface area contributed by atoms with Gasteiger partial charge < -0.3 is 19.1 Å². The van der Waals surface area contributed by atoms with Crippen molar-refractivity contribution in [2.75, 3.05) is 9.80 Å². The number of aromatic nitrogens is 2. The first-order valence-corrected chi connectivity index (χ1v) is 22.8. The average molecular weight is 1060 g/mol. The first kappa shape index (κ1) is 45.5. The van der Waals surface area contributed by atoms with Crippen LogP contribution in [0.2, 0.25) is 0 Å². The summed E-state index contributed by atoms with van der Waals surface area (Å²) in [6.45, 7) is 20.3. The van der Waals surface area contributed by atoms with Gasteiger partial charge in [0, 0.05) is 55.4 Å². The van der Waals surface area contributed by atoms with Gasteiger partial charge in [0.1, 0.15) is 5.82 Å². The van der Waals surface area contributed by atoms with Crippen LogP contribution >= 0.6 is 0 Å². The number of anilines is 2. The molecule has 0 unspecified atom stereocenters. The van der Waals surface area contributed by atoms with Crippen molar-refractivity contribution in [2.24, 2.45) is 0 Å². The molecule has 0 N–H and O–H groups in total. The minimum atomic E-state index is -0.252. The maximum Gasteiger partial charge on any atom is 0.135 e. The van der Waals surface area contributed by atoms with E-state index in [-0.39, 0.29) is 37.3 Å². The topological polar surface area (TPSA) is 33.5 Å². The van der Waals surface area contributed by atoms with Crippen LogP contribution in [0.15, 0.2) is 182 Å². The van der Waals surface area contributed by atoms with E-state index in [9.17, 15) is 0 Å². The molecule has 1 aliphatic rings. The zero-order chi connectivity index (χ0) is 45.8. The van der Waals surface area contributed by atoms with Crippen LogP contribution in [0.3, 0.4) is 0 Å². The molecule has 1 aliphatic heterocycles. The molecule has 2 aromatic heterocycles. The minimum absolute atomic E-state index is 0. The second-order valence-corrected chi connectivity index (χ2v) is 20.0. The summed E-state index contributed by atoms with van der Waals surface area (Å²) in [5, 5.41) is 2.18. The van der Waals surface area contributed by atoms with Crippen molar-refractivity contribution in [1.82, 2.24) is 9.55 Å². The van der Waals surface area contributed by atoms with E-state index in [1.165, 1.54) is 27.8 Å². The monoisotopic (exact) mass is 1050 g/mol. The molecule has 0 atom stereocenters. The molecule has 5 nitrogen and oxygen atoms in total. The molecule has 0 bridgehead atoms. The molecular weight excluding hydrogens is 1000 g/mol. The fourth-order valence-corrected chi connectivity index (χ4v) is 8.90. The van der Waals surface area contributed by atoms with Gasteiger partial charge in [0.25, 0.3) is 0 Å². The summed E-state index contributed by atoms with van der Waals surface area (Å²) in [5.74, 6) is 1.99. The van der Waals surface area contributed by atoms with Crippen molar-refractivity contribution in [1.29, 1.82) is 0 Å². The zero-order valence-electron chi connectivity index (χ0n) is 39.4. The molecule has 10 rings (SSSR count). The minimum Gasteiger partial charge on any atom is -0.509 e. The molecule has 6 heteroatoms. The molecule has 0 saturated carbocycles. The molecule has 0 amide bonds. The third-order valence-electron chi connectivity index (χ3n) is 13.0. The van der Waals surface area contributed by atoms with E-state index in [1.54, 1.807) is 0 Å². The second-order valence-electron chi connectivity index (χ2n) is 20.0. The third kappa shape index (κ3) is 9.10. The third-order valence-corrected chi connectivity index (χ3v) is 13.0. The van der Waals surface area contributed by atoms with Gasteiger partial charge in [-0.3, -0.25) is 0 Å². The summed E-state index contributed by atoms with van der Waals surface area (Å²) in [5.41, 5.74) is 13.1. The molecule has 0 aliphatic carbocycles. The van der Waals surface area contributed by atoms with Gasteiger partial charge >= 0.3 is 0 Å². The Labute approximate surface area is 410 Å². The Hall–Kier alpha value is -6.68. The number of hydrogen-bond acceptors (Lipinski definition) is 4. The molecular formula is C61H55N4OPt-3. The van der Waals surface area contributed by atoms with Crippen molar-refractivity contribution in [3.63, 3.8) is 0 Å². The number of hydrogen-bond donors (Lipinski definition) is 0. The van der Waals surface area contributed by atoms with E-state index in [0.717, 1.165) is 55.7 Å². The average Bonchev–Trinajstić information content (AvgIpc) is 3.95. The fraction of sp³-hybridized carbons (Fsp3) is 0.180. The van der Waals surface area contributed by atoms with Crippen LogP contribution in [-0.2, 0) is 37.3 Å². The molecule has 0 fully saturated rings. The SMILES string of the molecule is CC(C)(C)c1cc(N2C=CN(c3[c-]c(Oc4[c-]c5c(cc4)c4cc(-c6ccccc6)ccc4n5-c4cc(C(C)(C)c5ccccc5)ccn4)cc(-c4ccccc4)c3)[CH-]2)cc(C(C)(C)C)c1.[Pt]. The largest absolute Gasteiger partial charge is 0.509 e. The molecule has 67 heavy (non-hydrogen) atoms. The molecule has 3 heterocycles. The van der Waals surface area contributed by atoms with Gasteiger partial charge in [-0.05, 0) is 97.9 Å². The van der Waals surface area contributed by atoms with Crippen molar-refractivity contribution < 1.29 is 25.8 Å². The summed E-state index contributed by atoms with van der Waals surface area (Å²) in [6, 6.07) is 65.4. The van der Waals surface area contributed by atoms with Gasteiger partial charge in [0.05, 0.1) is 0 Å². The summed E-state index contributed by atoms with van der Waals surface area (Å²) >= 11 is 0. The first-order valence-electron chi connectivity index (χ1n) is 22.8. The first-order chi connectivity index (χ1) is 31.7. The van der Waals surface area contributed by atoms with Crippen LogP contribution in [0.1, 0.15) is 77.6 Å². The Morgan fingerprint density at radius 3 is 1.78 bits per heavy atom. The Kier molecular flexibility index (Phi) is 12.1. The summed E-state index contributed by atoms with van der Waals surface area (Å²) in [6.07, 6.45) is 6.13.